The van der Waals surface area contributed by atoms with Crippen molar-refractivity contribution in [2.45, 2.75) is 6.92 Å². The number of benzene rings is 2. The minimum absolute atomic E-state index is 0.296. The van der Waals surface area contributed by atoms with E-state index in [4.69, 9.17) is 0 Å². The maximum absolute atomic E-state index is 13.1. The third-order valence-electron chi connectivity index (χ3n) is 5.22. The predicted octanol–water partition coefficient (Wildman–Crippen LogP) is 3.71. The molecular weight excluding hydrogens is 415 g/mol. The van der Waals surface area contributed by atoms with Crippen LogP contribution in [-0.4, -0.2) is 49.1 Å². The molecule has 1 aliphatic heterocycles. The van der Waals surface area contributed by atoms with Crippen molar-refractivity contribution in [2.24, 2.45) is 0 Å². The van der Waals surface area contributed by atoms with Crippen LogP contribution in [0.15, 0.2) is 66.1 Å². The van der Waals surface area contributed by atoms with Crippen LogP contribution in [0.25, 0.3) is 17.3 Å². The number of nitrogens with zero attached hydrogens (tertiary/aromatic N) is 4. The number of halogens is 1. The SMILES string of the molecule is Cc1ccc(/C=C\S(=O)(=O)N2CCN(c3ccc(-c4ccc(F)cc4)nn3)CC2)cc1. The maximum Gasteiger partial charge on any atom is 0.236 e. The third-order valence-corrected chi connectivity index (χ3v) is 6.79. The fraction of sp³-hybridized carbons (Fsp3) is 0.217. The Kier molecular flexibility index (Phi) is 6.11. The van der Waals surface area contributed by atoms with Crippen LogP contribution >= 0.6 is 0 Å². The molecule has 31 heavy (non-hydrogen) atoms. The van der Waals surface area contributed by atoms with Gasteiger partial charge in [0.05, 0.1) is 5.69 Å². The quantitative estimate of drug-likeness (QED) is 0.608. The highest BCUT2D eigenvalue weighted by atomic mass is 32.2. The van der Waals surface area contributed by atoms with Gasteiger partial charge in [-0.15, -0.1) is 10.2 Å². The summed E-state index contributed by atoms with van der Waals surface area (Å²) in [6.45, 7) is 3.80. The first kappa shape index (κ1) is 21.1. The lowest BCUT2D eigenvalue weighted by atomic mass is 10.1. The molecule has 0 bridgehead atoms. The Morgan fingerprint density at radius 1 is 0.871 bits per heavy atom. The Bertz CT molecular complexity index is 1150. The van der Waals surface area contributed by atoms with Crippen LogP contribution in [0.1, 0.15) is 11.1 Å². The van der Waals surface area contributed by atoms with Gasteiger partial charge in [0.25, 0.3) is 0 Å². The van der Waals surface area contributed by atoms with Crippen LogP contribution in [0.2, 0.25) is 0 Å². The van der Waals surface area contributed by atoms with Gasteiger partial charge < -0.3 is 4.90 Å². The monoisotopic (exact) mass is 438 g/mol. The molecule has 160 valence electrons. The zero-order valence-corrected chi connectivity index (χ0v) is 18.0. The highest BCUT2D eigenvalue weighted by molar-refractivity contribution is 7.92. The average Bonchev–Trinajstić information content (AvgIpc) is 2.79. The van der Waals surface area contributed by atoms with Gasteiger partial charge in [-0.05, 0) is 55.0 Å². The molecular formula is C23H23FN4O2S. The number of aromatic nitrogens is 2. The Balaban J connectivity index is 1.37. The van der Waals surface area contributed by atoms with E-state index in [1.165, 1.54) is 21.8 Å². The van der Waals surface area contributed by atoms with Crippen LogP contribution in [-0.2, 0) is 10.0 Å². The number of piperazine rings is 1. The van der Waals surface area contributed by atoms with Crippen LogP contribution in [0.5, 0.6) is 0 Å². The highest BCUT2D eigenvalue weighted by Gasteiger charge is 2.25. The summed E-state index contributed by atoms with van der Waals surface area (Å²) in [6.07, 6.45) is 1.63. The van der Waals surface area contributed by atoms with E-state index in [2.05, 4.69) is 10.2 Å². The van der Waals surface area contributed by atoms with Crippen molar-refractivity contribution in [3.63, 3.8) is 0 Å². The molecule has 3 aromatic rings. The van der Waals surface area contributed by atoms with Crippen molar-refractivity contribution in [3.8, 4) is 11.3 Å². The third kappa shape index (κ3) is 5.15. The largest absolute Gasteiger partial charge is 0.352 e. The number of anilines is 1. The normalized spacial score (nSPS) is 15.5. The van der Waals surface area contributed by atoms with Gasteiger partial charge in [0.1, 0.15) is 5.82 Å². The molecule has 0 aliphatic carbocycles. The molecule has 6 nitrogen and oxygen atoms in total. The summed E-state index contributed by atoms with van der Waals surface area (Å²) in [4.78, 5) is 2.01. The predicted molar refractivity (Wildman–Crippen MR) is 120 cm³/mol. The van der Waals surface area contributed by atoms with Crippen molar-refractivity contribution in [1.29, 1.82) is 0 Å². The summed E-state index contributed by atoms with van der Waals surface area (Å²) in [5.74, 6) is 0.396. The van der Waals surface area contributed by atoms with E-state index >= 15 is 0 Å². The van der Waals surface area contributed by atoms with Crippen LogP contribution in [0.4, 0.5) is 10.2 Å². The van der Waals surface area contributed by atoms with Gasteiger partial charge in [-0.2, -0.15) is 4.31 Å². The molecule has 0 unspecified atom stereocenters. The summed E-state index contributed by atoms with van der Waals surface area (Å²) in [5, 5.41) is 9.77. The number of aryl methyl sites for hydroxylation is 1. The van der Waals surface area contributed by atoms with Crippen molar-refractivity contribution in [2.75, 3.05) is 31.1 Å². The lowest BCUT2D eigenvalue weighted by Gasteiger charge is -2.33. The van der Waals surface area contributed by atoms with E-state index in [1.807, 2.05) is 48.2 Å². The van der Waals surface area contributed by atoms with E-state index in [0.29, 0.717) is 37.7 Å². The first-order chi connectivity index (χ1) is 14.9. The Morgan fingerprint density at radius 3 is 2.16 bits per heavy atom. The van der Waals surface area contributed by atoms with E-state index < -0.39 is 10.0 Å². The molecule has 8 heteroatoms. The van der Waals surface area contributed by atoms with Gasteiger partial charge in [-0.3, -0.25) is 0 Å². The van der Waals surface area contributed by atoms with E-state index in [0.717, 1.165) is 16.7 Å². The second-order valence-electron chi connectivity index (χ2n) is 7.43. The average molecular weight is 439 g/mol. The number of hydrogen-bond acceptors (Lipinski definition) is 5. The van der Waals surface area contributed by atoms with Gasteiger partial charge in [0.15, 0.2) is 5.82 Å². The molecule has 0 radical (unpaired) electrons. The van der Waals surface area contributed by atoms with E-state index in [9.17, 15) is 12.8 Å². The lowest BCUT2D eigenvalue weighted by molar-refractivity contribution is 0.388. The van der Waals surface area contributed by atoms with Gasteiger partial charge in [-0.1, -0.05) is 29.8 Å². The van der Waals surface area contributed by atoms with Crippen molar-refractivity contribution in [1.82, 2.24) is 14.5 Å². The topological polar surface area (TPSA) is 66.4 Å². The fourth-order valence-electron chi connectivity index (χ4n) is 3.37. The first-order valence-corrected chi connectivity index (χ1v) is 11.5. The fourth-order valence-corrected chi connectivity index (χ4v) is 4.54. The molecule has 0 atom stereocenters. The molecule has 0 amide bonds. The van der Waals surface area contributed by atoms with Crippen LogP contribution in [0.3, 0.4) is 0 Å². The summed E-state index contributed by atoms with van der Waals surface area (Å²) < 4.78 is 39.9. The summed E-state index contributed by atoms with van der Waals surface area (Å²) in [6, 6.07) is 17.5. The Labute approximate surface area is 181 Å². The second kappa shape index (κ2) is 8.95. The van der Waals surface area contributed by atoms with E-state index in [-0.39, 0.29) is 5.82 Å². The molecule has 0 saturated carbocycles. The lowest BCUT2D eigenvalue weighted by Crippen LogP contribution is -2.48. The zero-order chi connectivity index (χ0) is 21.8. The number of rotatable bonds is 5. The smallest absolute Gasteiger partial charge is 0.236 e. The van der Waals surface area contributed by atoms with Crippen molar-refractivity contribution in [3.05, 3.63) is 83.0 Å². The van der Waals surface area contributed by atoms with Crippen molar-refractivity contribution >= 4 is 21.9 Å². The maximum atomic E-state index is 13.1. The van der Waals surface area contributed by atoms with Crippen molar-refractivity contribution < 1.29 is 12.8 Å². The first-order valence-electron chi connectivity index (χ1n) is 10.0. The van der Waals surface area contributed by atoms with Gasteiger partial charge in [-0.25, -0.2) is 12.8 Å². The standard InChI is InChI=1S/C23H23FN4O2S/c1-18-2-4-19(5-3-18)12-17-31(29,30)28-15-13-27(14-16-28)23-11-10-22(25-26-23)20-6-8-21(24)9-7-20/h2-12,17H,13-16H2,1H3/b17-12-. The summed E-state index contributed by atoms with van der Waals surface area (Å²) in [5.41, 5.74) is 3.43. The molecule has 0 N–H and O–H groups in total. The van der Waals surface area contributed by atoms with E-state index in [1.54, 1.807) is 18.2 Å². The van der Waals surface area contributed by atoms with Crippen LogP contribution < -0.4 is 4.90 Å². The van der Waals surface area contributed by atoms with Gasteiger partial charge in [0.2, 0.25) is 10.0 Å². The molecule has 2 heterocycles. The minimum atomic E-state index is -3.48. The Morgan fingerprint density at radius 2 is 1.55 bits per heavy atom. The van der Waals surface area contributed by atoms with Gasteiger partial charge >= 0.3 is 0 Å². The molecule has 1 aromatic heterocycles. The molecule has 1 aliphatic rings. The van der Waals surface area contributed by atoms with Crippen LogP contribution in [0, 0.1) is 12.7 Å². The number of sulfonamides is 1. The molecule has 4 rings (SSSR count). The zero-order valence-electron chi connectivity index (χ0n) is 17.1. The minimum Gasteiger partial charge on any atom is -0.352 e. The number of hydrogen-bond donors (Lipinski definition) is 0. The summed E-state index contributed by atoms with van der Waals surface area (Å²) >= 11 is 0. The van der Waals surface area contributed by atoms with Gasteiger partial charge in [0, 0.05) is 37.2 Å². The highest BCUT2D eigenvalue weighted by Crippen LogP contribution is 2.20. The Hall–Kier alpha value is -3.10. The molecule has 0 spiro atoms. The molecule has 2 aromatic carbocycles. The second-order valence-corrected chi connectivity index (χ2v) is 9.25. The molecule has 1 fully saturated rings. The summed E-state index contributed by atoms with van der Waals surface area (Å²) in [7, 11) is -3.48. The molecule has 1 saturated heterocycles.